The van der Waals surface area contributed by atoms with Crippen LogP contribution >= 0.6 is 0 Å². The maximum Gasteiger partial charge on any atom is 0.488 e. The molecule has 0 aromatic heterocycles. The van der Waals surface area contributed by atoms with Gasteiger partial charge in [-0.3, -0.25) is 10.1 Å². The van der Waals surface area contributed by atoms with E-state index in [0.29, 0.717) is 5.56 Å². The fraction of sp³-hybridized carbons (Fsp3) is 0.500. The number of rotatable bonds is 4. The van der Waals surface area contributed by atoms with Crippen molar-refractivity contribution < 1.29 is 30.9 Å². The molecule has 1 aromatic carbocycles. The number of nitrogens with zero attached hydrogens (tertiary/aromatic N) is 1. The lowest BCUT2D eigenvalue weighted by atomic mass is 10.1. The van der Waals surface area contributed by atoms with E-state index in [0.717, 1.165) is 0 Å². The summed E-state index contributed by atoms with van der Waals surface area (Å²) in [6.45, 7) is 3.15. The van der Waals surface area contributed by atoms with Crippen molar-refractivity contribution in [1.29, 1.82) is 0 Å². The monoisotopic (exact) mass is 335 g/mol. The smallest absolute Gasteiger partial charge is 0.358 e. The second-order valence-electron chi connectivity index (χ2n) is 4.84. The second-order valence-corrected chi connectivity index (χ2v) is 5.79. The lowest BCUT2D eigenvalue weighted by molar-refractivity contribution is -0.564. The summed E-state index contributed by atoms with van der Waals surface area (Å²) in [5.41, 5.74) is 0.504. The summed E-state index contributed by atoms with van der Waals surface area (Å²) in [6, 6.07) is 4.34. The number of nitro groups is 1. The van der Waals surface area contributed by atoms with Gasteiger partial charge in [0.05, 0.1) is 0 Å². The molecule has 1 heterocycles. The van der Waals surface area contributed by atoms with Crippen molar-refractivity contribution in [1.82, 2.24) is 0 Å². The highest BCUT2D eigenvalue weighted by atomic mass is 32.3. The first-order valence-electron chi connectivity index (χ1n) is 6.36. The maximum absolute atomic E-state index is 12.4. The molecule has 8 nitrogen and oxygen atoms in total. The Balaban J connectivity index is 2.11. The fourth-order valence-corrected chi connectivity index (χ4v) is 2.60. The Morgan fingerprint density at radius 1 is 1.18 bits per heavy atom. The highest BCUT2D eigenvalue weighted by Gasteiger charge is 2.43. The third-order valence-electron chi connectivity index (χ3n) is 3.23. The van der Waals surface area contributed by atoms with Gasteiger partial charge in [-0.15, -0.1) is 0 Å². The zero-order valence-corrected chi connectivity index (χ0v) is 12.5. The molecule has 0 saturated carbocycles. The van der Waals surface area contributed by atoms with Crippen LogP contribution in [-0.2, 0) is 20.0 Å². The molecule has 1 fully saturated rings. The molecule has 2 unspecified atom stereocenters. The Morgan fingerprint density at radius 3 is 2.09 bits per heavy atom. The predicted molar refractivity (Wildman–Crippen MR) is 71.7 cm³/mol. The first kappa shape index (κ1) is 16.6. The summed E-state index contributed by atoms with van der Waals surface area (Å²) in [5, 5.41) is 10.9. The number of ether oxygens (including phenoxy) is 2. The van der Waals surface area contributed by atoms with Crippen LogP contribution in [0.3, 0.4) is 0 Å². The zero-order chi connectivity index (χ0) is 16.5. The number of halogens is 1. The summed E-state index contributed by atoms with van der Waals surface area (Å²) in [7, 11) is -5.09. The van der Waals surface area contributed by atoms with Crippen LogP contribution in [0.15, 0.2) is 24.3 Å². The largest absolute Gasteiger partial charge is 0.488 e. The fourth-order valence-electron chi connectivity index (χ4n) is 2.26. The minimum Gasteiger partial charge on any atom is -0.358 e. The molecule has 10 heteroatoms. The quantitative estimate of drug-likeness (QED) is 0.469. The minimum atomic E-state index is -5.09. The summed E-state index contributed by atoms with van der Waals surface area (Å²) in [6.07, 6.45) is -2.16. The van der Waals surface area contributed by atoms with Crippen LogP contribution in [0.25, 0.3) is 0 Å². The highest BCUT2D eigenvalue weighted by molar-refractivity contribution is 7.81. The average molecular weight is 335 g/mol. The van der Waals surface area contributed by atoms with Crippen molar-refractivity contribution >= 4 is 10.5 Å². The summed E-state index contributed by atoms with van der Waals surface area (Å²) < 4.78 is 48.1. The molecular weight excluding hydrogens is 321 g/mol. The Bertz CT molecular complexity index is 636. The lowest BCUT2D eigenvalue weighted by Crippen LogP contribution is -2.48. The van der Waals surface area contributed by atoms with Crippen molar-refractivity contribution in [3.05, 3.63) is 39.9 Å². The molecule has 122 valence electrons. The van der Waals surface area contributed by atoms with Gasteiger partial charge in [-0.05, 0) is 26.0 Å². The van der Waals surface area contributed by atoms with Crippen molar-refractivity contribution in [2.75, 3.05) is 0 Å². The zero-order valence-electron chi connectivity index (χ0n) is 11.7. The molecule has 2 rings (SSSR count). The number of benzene rings is 1. The molecule has 0 radical (unpaired) electrons. The van der Waals surface area contributed by atoms with Gasteiger partial charge < -0.3 is 13.7 Å². The van der Waals surface area contributed by atoms with Gasteiger partial charge in [0.1, 0.15) is 18.0 Å². The van der Waals surface area contributed by atoms with Crippen LogP contribution in [-0.4, -0.2) is 31.6 Å². The Hall–Kier alpha value is -1.78. The Morgan fingerprint density at radius 2 is 1.68 bits per heavy atom. The second kappa shape index (κ2) is 6.15. The molecule has 0 N–H and O–H groups in total. The van der Waals surface area contributed by atoms with E-state index in [9.17, 15) is 22.4 Å². The predicted octanol–water partition coefficient (Wildman–Crippen LogP) is 1.75. The van der Waals surface area contributed by atoms with Crippen LogP contribution in [0.2, 0.25) is 0 Å². The SMILES string of the molecule is CC1OC(c2ccc(OS(=O)(=O)F)cc2)OC(C)C1[N+](=O)[O-]. The standard InChI is InChI=1S/C12H14FNO7S/c1-7-11(14(15)16)8(2)20-12(19-7)9-3-5-10(6-4-9)21-22(13,17)18/h3-8,11-12H,1-2H3. The Labute approximate surface area is 126 Å². The van der Waals surface area contributed by atoms with Crippen molar-refractivity contribution in [3.8, 4) is 5.75 Å². The summed E-state index contributed by atoms with van der Waals surface area (Å²) in [5.74, 6) is -0.202. The van der Waals surface area contributed by atoms with E-state index < -0.39 is 40.0 Å². The Kier molecular flexibility index (Phi) is 4.63. The molecule has 1 aromatic rings. The highest BCUT2D eigenvalue weighted by Crippen LogP contribution is 2.31. The molecule has 1 aliphatic heterocycles. The minimum absolute atomic E-state index is 0.202. The van der Waals surface area contributed by atoms with Gasteiger partial charge in [-0.1, -0.05) is 16.0 Å². The topological polar surface area (TPSA) is 105 Å². The average Bonchev–Trinajstić information content (AvgIpc) is 2.36. The van der Waals surface area contributed by atoms with Crippen molar-refractivity contribution in [2.24, 2.45) is 0 Å². The maximum atomic E-state index is 12.4. The third-order valence-corrected chi connectivity index (χ3v) is 3.62. The number of hydrogen-bond acceptors (Lipinski definition) is 7. The summed E-state index contributed by atoms with van der Waals surface area (Å²) in [4.78, 5) is 10.5. The molecule has 1 aliphatic rings. The third kappa shape index (κ3) is 3.90. The van der Waals surface area contributed by atoms with E-state index in [2.05, 4.69) is 4.18 Å². The number of hydrogen-bond donors (Lipinski definition) is 0. The van der Waals surface area contributed by atoms with E-state index in [1.165, 1.54) is 24.3 Å². The van der Waals surface area contributed by atoms with Crippen LogP contribution in [0.1, 0.15) is 25.7 Å². The van der Waals surface area contributed by atoms with Gasteiger partial charge in [0.25, 0.3) is 6.04 Å². The van der Waals surface area contributed by atoms with Gasteiger partial charge in [-0.25, -0.2) is 0 Å². The molecule has 0 bridgehead atoms. The molecule has 0 aliphatic carbocycles. The summed E-state index contributed by atoms with van der Waals surface area (Å²) >= 11 is 0. The van der Waals surface area contributed by atoms with Gasteiger partial charge >= 0.3 is 10.5 Å². The first-order valence-corrected chi connectivity index (χ1v) is 7.66. The molecule has 1 saturated heterocycles. The molecule has 0 spiro atoms. The van der Waals surface area contributed by atoms with E-state index in [1.807, 2.05) is 0 Å². The van der Waals surface area contributed by atoms with Crippen molar-refractivity contribution in [3.63, 3.8) is 0 Å². The van der Waals surface area contributed by atoms with Crippen LogP contribution in [0.5, 0.6) is 5.75 Å². The van der Waals surface area contributed by atoms with Gasteiger partial charge in [0.2, 0.25) is 0 Å². The van der Waals surface area contributed by atoms with Gasteiger partial charge in [-0.2, -0.15) is 8.42 Å². The van der Waals surface area contributed by atoms with Crippen LogP contribution in [0, 0.1) is 10.1 Å². The van der Waals surface area contributed by atoms with Crippen LogP contribution < -0.4 is 4.18 Å². The molecule has 22 heavy (non-hydrogen) atoms. The van der Waals surface area contributed by atoms with Crippen LogP contribution in [0.4, 0.5) is 3.89 Å². The molecule has 0 amide bonds. The normalized spacial score (nSPS) is 29.0. The van der Waals surface area contributed by atoms with E-state index in [-0.39, 0.29) is 5.75 Å². The van der Waals surface area contributed by atoms with Gasteiger partial charge in [0, 0.05) is 10.5 Å². The molecular formula is C12H14FNO7S. The lowest BCUT2D eigenvalue weighted by Gasteiger charge is -2.34. The van der Waals surface area contributed by atoms with E-state index in [4.69, 9.17) is 9.47 Å². The van der Waals surface area contributed by atoms with E-state index in [1.54, 1.807) is 13.8 Å². The first-order chi connectivity index (χ1) is 10.2. The van der Waals surface area contributed by atoms with Gasteiger partial charge in [0.15, 0.2) is 6.29 Å². The van der Waals surface area contributed by atoms with E-state index >= 15 is 0 Å². The molecule has 2 atom stereocenters. The van der Waals surface area contributed by atoms with Crippen molar-refractivity contribution in [2.45, 2.75) is 38.4 Å².